The zero-order valence-electron chi connectivity index (χ0n) is 11.5. The van der Waals surface area contributed by atoms with Gasteiger partial charge in [-0.2, -0.15) is 11.8 Å². The van der Waals surface area contributed by atoms with Crippen molar-refractivity contribution in [2.24, 2.45) is 0 Å². The Labute approximate surface area is 123 Å². The van der Waals surface area contributed by atoms with Gasteiger partial charge in [0.15, 0.2) is 0 Å². The lowest BCUT2D eigenvalue weighted by atomic mass is 10.1. The van der Waals surface area contributed by atoms with Crippen LogP contribution in [-0.4, -0.2) is 47.5 Å². The number of rotatable bonds is 7. The van der Waals surface area contributed by atoms with Crippen LogP contribution in [0, 0.1) is 11.8 Å². The molecule has 0 saturated carbocycles. The molecule has 0 aromatic heterocycles. The third kappa shape index (κ3) is 5.85. The van der Waals surface area contributed by atoms with E-state index in [1.807, 2.05) is 18.2 Å². The minimum atomic E-state index is -0.696. The van der Waals surface area contributed by atoms with Gasteiger partial charge in [-0.1, -0.05) is 11.8 Å². The van der Waals surface area contributed by atoms with Gasteiger partial charge in [0.2, 0.25) is 0 Å². The fourth-order valence-corrected chi connectivity index (χ4v) is 2.49. The Bertz CT molecular complexity index is 465. The molecule has 0 aliphatic carbocycles. The van der Waals surface area contributed by atoms with E-state index >= 15 is 0 Å². The average Bonchev–Trinajstić information content (AvgIpc) is 2.47. The van der Waals surface area contributed by atoms with E-state index in [4.69, 9.17) is 14.9 Å². The van der Waals surface area contributed by atoms with Crippen LogP contribution in [0.4, 0.5) is 0 Å². The van der Waals surface area contributed by atoms with Gasteiger partial charge in [-0.05, 0) is 18.2 Å². The Morgan fingerprint density at radius 2 is 2.15 bits per heavy atom. The summed E-state index contributed by atoms with van der Waals surface area (Å²) in [7, 11) is 1.61. The molecule has 110 valence electrons. The smallest absolute Gasteiger partial charge is 0.122 e. The topological polar surface area (TPSA) is 69.9 Å². The molecular weight excluding hydrogens is 276 g/mol. The zero-order chi connectivity index (χ0) is 14.8. The number of aliphatic hydroxyl groups excluding tert-OH is 3. The van der Waals surface area contributed by atoms with Crippen molar-refractivity contribution in [1.29, 1.82) is 0 Å². The zero-order valence-corrected chi connectivity index (χ0v) is 12.3. The largest absolute Gasteiger partial charge is 0.496 e. The van der Waals surface area contributed by atoms with Crippen LogP contribution in [0.2, 0.25) is 0 Å². The molecule has 1 aromatic rings. The normalized spacial score (nSPS) is 11.6. The lowest BCUT2D eigenvalue weighted by Gasteiger charge is -2.10. The van der Waals surface area contributed by atoms with Crippen LogP contribution < -0.4 is 4.74 Å². The second-order valence-corrected chi connectivity index (χ2v) is 5.18. The summed E-state index contributed by atoms with van der Waals surface area (Å²) in [4.78, 5) is 0. The summed E-state index contributed by atoms with van der Waals surface area (Å²) in [5.74, 6) is 7.79. The molecule has 1 atom stereocenters. The van der Waals surface area contributed by atoms with Crippen LogP contribution >= 0.6 is 11.8 Å². The molecule has 1 aromatic carbocycles. The van der Waals surface area contributed by atoms with Crippen molar-refractivity contribution < 1.29 is 20.1 Å². The number of hydrogen-bond donors (Lipinski definition) is 3. The molecule has 0 bridgehead atoms. The summed E-state index contributed by atoms with van der Waals surface area (Å²) in [6.45, 7) is -0.165. The fraction of sp³-hybridized carbons (Fsp3) is 0.467. The van der Waals surface area contributed by atoms with Crippen molar-refractivity contribution in [2.75, 3.05) is 26.1 Å². The molecule has 1 unspecified atom stereocenters. The number of benzene rings is 1. The van der Waals surface area contributed by atoms with Gasteiger partial charge in [0.1, 0.15) is 5.75 Å². The minimum Gasteiger partial charge on any atom is -0.496 e. The van der Waals surface area contributed by atoms with E-state index < -0.39 is 6.10 Å². The summed E-state index contributed by atoms with van der Waals surface area (Å²) in [5, 5.41) is 26.8. The molecular formula is C15H20O4S. The van der Waals surface area contributed by atoms with Crippen molar-refractivity contribution in [3.8, 4) is 17.6 Å². The van der Waals surface area contributed by atoms with Gasteiger partial charge in [0.25, 0.3) is 0 Å². The van der Waals surface area contributed by atoms with Gasteiger partial charge in [-0.25, -0.2) is 0 Å². The van der Waals surface area contributed by atoms with E-state index in [1.54, 1.807) is 7.11 Å². The molecule has 3 N–H and O–H groups in total. The fourth-order valence-electron chi connectivity index (χ4n) is 1.55. The Balaban J connectivity index is 2.71. The predicted octanol–water partition coefficient (Wildman–Crippen LogP) is 1.02. The third-order valence-corrected chi connectivity index (χ3v) is 3.66. The molecule has 0 amide bonds. The highest BCUT2D eigenvalue weighted by molar-refractivity contribution is 7.98. The van der Waals surface area contributed by atoms with Crippen LogP contribution in [0.3, 0.4) is 0 Å². The molecule has 0 spiro atoms. The molecule has 0 fully saturated rings. The van der Waals surface area contributed by atoms with Crippen LogP contribution in [0.5, 0.6) is 5.75 Å². The molecule has 0 saturated heterocycles. The van der Waals surface area contributed by atoms with Gasteiger partial charge in [0.05, 0.1) is 26.4 Å². The van der Waals surface area contributed by atoms with E-state index in [-0.39, 0.29) is 13.2 Å². The van der Waals surface area contributed by atoms with E-state index in [1.165, 1.54) is 11.8 Å². The highest BCUT2D eigenvalue weighted by Crippen LogP contribution is 2.24. The van der Waals surface area contributed by atoms with Crippen molar-refractivity contribution in [3.63, 3.8) is 0 Å². The number of aliphatic hydroxyl groups is 3. The standard InChI is InChI=1S/C15H20O4S/c1-19-15-6-5-12(4-2-3-7-16)8-13(15)10-20-11-14(18)9-17/h5-6,8,14,16-18H,3,7,9-11H2,1H3. The van der Waals surface area contributed by atoms with Gasteiger partial charge in [-0.3, -0.25) is 0 Å². The van der Waals surface area contributed by atoms with Crippen molar-refractivity contribution in [1.82, 2.24) is 0 Å². The molecule has 0 radical (unpaired) electrons. The van der Waals surface area contributed by atoms with Crippen LogP contribution in [0.15, 0.2) is 18.2 Å². The van der Waals surface area contributed by atoms with Crippen molar-refractivity contribution in [3.05, 3.63) is 29.3 Å². The first-order chi connectivity index (χ1) is 9.71. The van der Waals surface area contributed by atoms with Crippen LogP contribution in [0.25, 0.3) is 0 Å². The summed E-state index contributed by atoms with van der Waals surface area (Å²) in [6, 6.07) is 5.68. The molecule has 1 rings (SSSR count). The Morgan fingerprint density at radius 1 is 1.35 bits per heavy atom. The average molecular weight is 296 g/mol. The van der Waals surface area contributed by atoms with Crippen LogP contribution in [0.1, 0.15) is 17.5 Å². The number of thioether (sulfide) groups is 1. The first kappa shape index (κ1) is 16.9. The SMILES string of the molecule is COc1ccc(C#CCCO)cc1CSCC(O)CO. The third-order valence-electron chi connectivity index (χ3n) is 2.53. The lowest BCUT2D eigenvalue weighted by molar-refractivity contribution is 0.113. The Hall–Kier alpha value is -1.19. The number of methoxy groups -OCH3 is 1. The molecule has 5 heteroatoms. The first-order valence-corrected chi connectivity index (χ1v) is 7.50. The van der Waals surface area contributed by atoms with E-state index in [0.29, 0.717) is 17.9 Å². The highest BCUT2D eigenvalue weighted by atomic mass is 32.2. The van der Waals surface area contributed by atoms with Crippen molar-refractivity contribution in [2.45, 2.75) is 18.3 Å². The first-order valence-electron chi connectivity index (χ1n) is 6.34. The molecule has 0 aliphatic rings. The maximum atomic E-state index is 9.31. The minimum absolute atomic E-state index is 0.0604. The second-order valence-electron chi connectivity index (χ2n) is 4.15. The van der Waals surface area contributed by atoms with E-state index in [2.05, 4.69) is 11.8 Å². The van der Waals surface area contributed by atoms with Gasteiger partial charge < -0.3 is 20.1 Å². The van der Waals surface area contributed by atoms with Crippen LogP contribution in [-0.2, 0) is 5.75 Å². The monoisotopic (exact) mass is 296 g/mol. The predicted molar refractivity (Wildman–Crippen MR) is 80.8 cm³/mol. The highest BCUT2D eigenvalue weighted by Gasteiger charge is 2.06. The van der Waals surface area contributed by atoms with E-state index in [0.717, 1.165) is 16.9 Å². The Morgan fingerprint density at radius 3 is 2.80 bits per heavy atom. The van der Waals surface area contributed by atoms with Crippen molar-refractivity contribution >= 4 is 11.8 Å². The van der Waals surface area contributed by atoms with Gasteiger partial charge >= 0.3 is 0 Å². The molecule has 0 aliphatic heterocycles. The second kappa shape index (κ2) is 9.67. The quantitative estimate of drug-likeness (QED) is 0.655. The van der Waals surface area contributed by atoms with Gasteiger partial charge in [-0.15, -0.1) is 0 Å². The lowest BCUT2D eigenvalue weighted by Crippen LogP contribution is -2.14. The number of ether oxygens (including phenoxy) is 1. The summed E-state index contributed by atoms with van der Waals surface area (Å²) >= 11 is 1.53. The molecule has 0 heterocycles. The number of hydrogen-bond acceptors (Lipinski definition) is 5. The summed E-state index contributed by atoms with van der Waals surface area (Å²) in [5.41, 5.74) is 1.87. The maximum absolute atomic E-state index is 9.31. The summed E-state index contributed by atoms with van der Waals surface area (Å²) < 4.78 is 5.30. The maximum Gasteiger partial charge on any atom is 0.122 e. The molecule has 20 heavy (non-hydrogen) atoms. The molecule has 4 nitrogen and oxygen atoms in total. The summed E-state index contributed by atoms with van der Waals surface area (Å²) in [6.07, 6.45) is -0.239. The van der Waals surface area contributed by atoms with E-state index in [9.17, 15) is 5.11 Å². The van der Waals surface area contributed by atoms with Gasteiger partial charge in [0, 0.05) is 29.1 Å². The Kier molecular flexibility index (Phi) is 8.16.